The average Bonchev–Trinajstić information content (AvgIpc) is 3.34. The third kappa shape index (κ3) is 3.24. The summed E-state index contributed by atoms with van der Waals surface area (Å²) in [7, 11) is 0. The number of hydrogen-bond acceptors (Lipinski definition) is 3. The van der Waals surface area contributed by atoms with Crippen LogP contribution in [0, 0.1) is 0 Å². The highest BCUT2D eigenvalue weighted by Crippen LogP contribution is 2.45. The van der Waals surface area contributed by atoms with Gasteiger partial charge in [0.2, 0.25) is 0 Å². The Morgan fingerprint density at radius 1 is 1.00 bits per heavy atom. The molecule has 8 heteroatoms. The van der Waals surface area contributed by atoms with Gasteiger partial charge >= 0.3 is 6.18 Å². The number of amides is 1. The first-order valence-corrected chi connectivity index (χ1v) is 11.2. The molecule has 6 rings (SSSR count). The summed E-state index contributed by atoms with van der Waals surface area (Å²) < 4.78 is 42.0. The quantitative estimate of drug-likeness (QED) is 0.401. The van der Waals surface area contributed by atoms with Crippen LogP contribution in [0.2, 0.25) is 0 Å². The molecule has 0 bridgehead atoms. The van der Waals surface area contributed by atoms with Crippen molar-refractivity contribution < 1.29 is 18.0 Å². The summed E-state index contributed by atoms with van der Waals surface area (Å²) in [5, 5.41) is 4.33. The lowest BCUT2D eigenvalue weighted by atomic mass is 9.82. The Kier molecular flexibility index (Phi) is 4.49. The van der Waals surface area contributed by atoms with Gasteiger partial charge < -0.3 is 14.8 Å². The van der Waals surface area contributed by atoms with Crippen LogP contribution in [0.5, 0.6) is 0 Å². The molecule has 0 atom stereocenters. The van der Waals surface area contributed by atoms with E-state index in [2.05, 4.69) is 10.3 Å². The zero-order chi connectivity index (χ0) is 23.5. The molecule has 1 spiro atoms. The molecular formula is C26H21F3N4O. The Labute approximate surface area is 193 Å². The number of carbonyl (C=O) groups is 1. The number of anilines is 1. The molecule has 1 saturated heterocycles. The molecule has 5 nitrogen and oxygen atoms in total. The van der Waals surface area contributed by atoms with Crippen molar-refractivity contribution in [2.24, 2.45) is 0 Å². The monoisotopic (exact) mass is 462 g/mol. The second kappa shape index (κ2) is 7.35. The molecule has 1 amide bonds. The molecule has 4 aromatic rings. The third-order valence-corrected chi connectivity index (χ3v) is 6.95. The number of carbonyl (C=O) groups excluding carboxylic acids is 1. The number of alkyl halides is 3. The van der Waals surface area contributed by atoms with E-state index < -0.39 is 17.3 Å². The summed E-state index contributed by atoms with van der Waals surface area (Å²) in [6.07, 6.45) is 0.370. The summed E-state index contributed by atoms with van der Waals surface area (Å²) in [4.78, 5) is 19.3. The van der Waals surface area contributed by atoms with Crippen LogP contribution in [-0.4, -0.2) is 33.4 Å². The van der Waals surface area contributed by atoms with Gasteiger partial charge in [-0.05, 0) is 67.4 Å². The molecule has 34 heavy (non-hydrogen) atoms. The van der Waals surface area contributed by atoms with E-state index in [1.165, 1.54) is 12.1 Å². The molecule has 1 N–H and O–H groups in total. The molecule has 172 valence electrons. The Morgan fingerprint density at radius 2 is 1.82 bits per heavy atom. The molecule has 1 fully saturated rings. The first-order chi connectivity index (χ1) is 16.3. The first-order valence-electron chi connectivity index (χ1n) is 11.2. The van der Waals surface area contributed by atoms with Crippen LogP contribution in [-0.2, 0) is 11.7 Å². The van der Waals surface area contributed by atoms with E-state index >= 15 is 0 Å². The van der Waals surface area contributed by atoms with Crippen molar-refractivity contribution in [3.05, 3.63) is 89.9 Å². The molecule has 0 aliphatic carbocycles. The summed E-state index contributed by atoms with van der Waals surface area (Å²) >= 11 is 0. The third-order valence-electron chi connectivity index (χ3n) is 6.95. The van der Waals surface area contributed by atoms with E-state index in [-0.39, 0.29) is 5.91 Å². The average molecular weight is 462 g/mol. The van der Waals surface area contributed by atoms with Crippen LogP contribution in [0.4, 0.5) is 18.9 Å². The van der Waals surface area contributed by atoms with Crippen LogP contribution in [0.1, 0.15) is 34.5 Å². The number of fused-ring (bicyclic) bond motifs is 5. The minimum atomic E-state index is -4.41. The summed E-state index contributed by atoms with van der Waals surface area (Å²) in [6, 6.07) is 17.0. The largest absolute Gasteiger partial charge is 0.416 e. The first kappa shape index (κ1) is 20.8. The zero-order valence-corrected chi connectivity index (χ0v) is 18.1. The van der Waals surface area contributed by atoms with Gasteiger partial charge in [0.1, 0.15) is 0 Å². The lowest BCUT2D eigenvalue weighted by Gasteiger charge is -2.46. The minimum Gasteiger partial charge on any atom is -0.372 e. The molecule has 0 unspecified atom stereocenters. The maximum absolute atomic E-state index is 13.3. The van der Waals surface area contributed by atoms with E-state index in [0.717, 1.165) is 22.7 Å². The number of likely N-dealkylation sites (tertiary alicyclic amines) is 1. The van der Waals surface area contributed by atoms with E-state index in [9.17, 15) is 18.0 Å². The second-order valence-corrected chi connectivity index (χ2v) is 8.90. The number of pyridine rings is 1. The number of nitrogens with one attached hydrogen (secondary N) is 1. The summed E-state index contributed by atoms with van der Waals surface area (Å²) in [5.74, 6) is -0.0495. The van der Waals surface area contributed by atoms with Gasteiger partial charge in [0.15, 0.2) is 0 Å². The van der Waals surface area contributed by atoms with Crippen molar-refractivity contribution in [1.29, 1.82) is 0 Å². The van der Waals surface area contributed by atoms with Gasteiger partial charge in [0, 0.05) is 42.1 Å². The van der Waals surface area contributed by atoms with Crippen molar-refractivity contribution in [3.63, 3.8) is 0 Å². The van der Waals surface area contributed by atoms with E-state index in [1.807, 2.05) is 52.1 Å². The highest BCUT2D eigenvalue weighted by Gasteiger charge is 2.43. The van der Waals surface area contributed by atoms with Crippen LogP contribution in [0.25, 0.3) is 16.6 Å². The molecule has 2 aliphatic rings. The molecule has 2 aromatic heterocycles. The predicted octanol–water partition coefficient (Wildman–Crippen LogP) is 5.60. The lowest BCUT2D eigenvalue weighted by molar-refractivity contribution is -0.137. The molecule has 4 heterocycles. The van der Waals surface area contributed by atoms with Gasteiger partial charge in [0.25, 0.3) is 5.91 Å². The van der Waals surface area contributed by atoms with Crippen molar-refractivity contribution in [3.8, 4) is 5.69 Å². The minimum absolute atomic E-state index is 0.0495. The van der Waals surface area contributed by atoms with Gasteiger partial charge in [-0.3, -0.25) is 9.78 Å². The number of rotatable bonds is 1. The fourth-order valence-corrected chi connectivity index (χ4v) is 5.19. The maximum atomic E-state index is 13.3. The van der Waals surface area contributed by atoms with Crippen molar-refractivity contribution in [2.75, 3.05) is 18.4 Å². The van der Waals surface area contributed by atoms with Crippen LogP contribution in [0.3, 0.4) is 0 Å². The van der Waals surface area contributed by atoms with Crippen molar-refractivity contribution >= 4 is 22.5 Å². The number of nitrogens with zero attached hydrogens (tertiary/aromatic N) is 3. The molecule has 2 aliphatic heterocycles. The fourth-order valence-electron chi connectivity index (χ4n) is 5.19. The van der Waals surface area contributed by atoms with Gasteiger partial charge in [-0.25, -0.2) is 0 Å². The normalized spacial score (nSPS) is 16.7. The van der Waals surface area contributed by atoms with Crippen molar-refractivity contribution in [1.82, 2.24) is 14.5 Å². The lowest BCUT2D eigenvalue weighted by Crippen LogP contribution is -2.51. The molecule has 0 radical (unpaired) electrons. The number of piperidine rings is 1. The Bertz CT molecular complexity index is 1420. The molecule has 2 aromatic carbocycles. The molecule has 0 saturated carbocycles. The van der Waals surface area contributed by atoms with E-state index in [4.69, 9.17) is 0 Å². The number of benzene rings is 2. The standard InChI is InChI=1S/C26H21F3N4O/c27-26(28,29)19-6-8-22-21(16-19)31-25(23-4-2-12-33(22)23)9-13-32(14-10-25)24(34)18-5-7-20-17(15-18)3-1-11-30-20/h1-8,11-12,15-16,31H,9-10,13-14H2. The number of halogens is 3. The zero-order valence-electron chi connectivity index (χ0n) is 18.1. The van der Waals surface area contributed by atoms with Crippen LogP contribution in [0.15, 0.2) is 73.1 Å². The summed E-state index contributed by atoms with van der Waals surface area (Å²) in [6.45, 7) is 0.993. The Hall–Kier alpha value is -3.81. The van der Waals surface area contributed by atoms with E-state index in [1.54, 1.807) is 12.3 Å². The van der Waals surface area contributed by atoms with Gasteiger partial charge in [0.05, 0.1) is 28.0 Å². The predicted molar refractivity (Wildman–Crippen MR) is 123 cm³/mol. The Balaban J connectivity index is 1.28. The van der Waals surface area contributed by atoms with Gasteiger partial charge in [-0.2, -0.15) is 13.2 Å². The van der Waals surface area contributed by atoms with Crippen LogP contribution < -0.4 is 5.32 Å². The maximum Gasteiger partial charge on any atom is 0.416 e. The highest BCUT2D eigenvalue weighted by molar-refractivity contribution is 5.98. The topological polar surface area (TPSA) is 50.2 Å². The van der Waals surface area contributed by atoms with Gasteiger partial charge in [-0.15, -0.1) is 0 Å². The number of hydrogen-bond donors (Lipinski definition) is 1. The van der Waals surface area contributed by atoms with E-state index in [0.29, 0.717) is 42.9 Å². The fraction of sp³-hybridized carbons (Fsp3) is 0.231. The Morgan fingerprint density at radius 3 is 2.62 bits per heavy atom. The SMILES string of the molecule is O=C(c1ccc2ncccc2c1)N1CCC2(CC1)Nc1cc(C(F)(F)F)ccc1-n1cccc12. The molecular weight excluding hydrogens is 441 g/mol. The second-order valence-electron chi connectivity index (χ2n) is 8.90. The smallest absolute Gasteiger partial charge is 0.372 e. The van der Waals surface area contributed by atoms with Gasteiger partial charge in [-0.1, -0.05) is 6.07 Å². The van der Waals surface area contributed by atoms with Crippen molar-refractivity contribution in [2.45, 2.75) is 24.6 Å². The highest BCUT2D eigenvalue weighted by atomic mass is 19.4. The summed E-state index contributed by atoms with van der Waals surface area (Å²) in [5.41, 5.74) is 2.39. The van der Waals surface area contributed by atoms with Crippen LogP contribution >= 0.6 is 0 Å². The number of aromatic nitrogens is 2.